The van der Waals surface area contributed by atoms with Crippen molar-refractivity contribution in [1.29, 1.82) is 0 Å². The SMILES string of the molecule is Cc1c[c]cc(Cl)c1F. The van der Waals surface area contributed by atoms with Crippen LogP contribution in [0.1, 0.15) is 5.56 Å². The summed E-state index contributed by atoms with van der Waals surface area (Å²) in [4.78, 5) is 0. The second-order valence-corrected chi connectivity index (χ2v) is 2.21. The fraction of sp³-hybridized carbons (Fsp3) is 0.143. The Kier molecular flexibility index (Phi) is 1.72. The van der Waals surface area contributed by atoms with Gasteiger partial charge in [0, 0.05) is 0 Å². The van der Waals surface area contributed by atoms with Gasteiger partial charge < -0.3 is 0 Å². The summed E-state index contributed by atoms with van der Waals surface area (Å²) in [7, 11) is 0. The number of rotatable bonds is 0. The minimum atomic E-state index is -0.351. The summed E-state index contributed by atoms with van der Waals surface area (Å²) in [6, 6.07) is 5.66. The first kappa shape index (κ1) is 6.56. The van der Waals surface area contributed by atoms with Crippen molar-refractivity contribution < 1.29 is 4.39 Å². The molecule has 0 spiro atoms. The third-order valence-corrected chi connectivity index (χ3v) is 1.34. The fourth-order valence-corrected chi connectivity index (χ4v) is 0.767. The van der Waals surface area contributed by atoms with E-state index >= 15 is 0 Å². The van der Waals surface area contributed by atoms with Gasteiger partial charge in [0.2, 0.25) is 0 Å². The highest BCUT2D eigenvalue weighted by atomic mass is 35.5. The second-order valence-electron chi connectivity index (χ2n) is 1.80. The van der Waals surface area contributed by atoms with Gasteiger partial charge >= 0.3 is 0 Å². The van der Waals surface area contributed by atoms with Crippen LogP contribution in [0.25, 0.3) is 0 Å². The predicted octanol–water partition coefficient (Wildman–Crippen LogP) is 2.59. The van der Waals surface area contributed by atoms with Gasteiger partial charge in [-0.25, -0.2) is 4.39 Å². The van der Waals surface area contributed by atoms with Crippen LogP contribution < -0.4 is 0 Å². The molecule has 47 valence electrons. The highest BCUT2D eigenvalue weighted by Crippen LogP contribution is 2.15. The fourth-order valence-electron chi connectivity index (χ4n) is 0.555. The van der Waals surface area contributed by atoms with Crippen LogP contribution in [0.4, 0.5) is 4.39 Å². The molecule has 0 saturated heterocycles. The zero-order valence-corrected chi connectivity index (χ0v) is 5.67. The normalized spacial score (nSPS) is 9.67. The maximum atomic E-state index is 12.6. The summed E-state index contributed by atoms with van der Waals surface area (Å²) in [6.45, 7) is 1.65. The van der Waals surface area contributed by atoms with E-state index in [2.05, 4.69) is 6.07 Å². The van der Waals surface area contributed by atoms with E-state index in [-0.39, 0.29) is 10.8 Å². The van der Waals surface area contributed by atoms with Crippen molar-refractivity contribution in [3.8, 4) is 0 Å². The lowest BCUT2D eigenvalue weighted by Gasteiger charge is -1.94. The molecule has 0 nitrogen and oxygen atoms in total. The molecule has 0 aromatic heterocycles. The van der Waals surface area contributed by atoms with Gasteiger partial charge in [-0.3, -0.25) is 0 Å². The van der Waals surface area contributed by atoms with Gasteiger partial charge in [-0.2, -0.15) is 0 Å². The van der Waals surface area contributed by atoms with Gasteiger partial charge in [-0.15, -0.1) is 0 Å². The molecule has 2 heteroatoms. The number of halogens is 2. The average Bonchev–Trinajstić information content (AvgIpc) is 1.83. The molecule has 0 amide bonds. The summed E-state index contributed by atoms with van der Waals surface area (Å²) in [5.74, 6) is -0.351. The van der Waals surface area contributed by atoms with Gasteiger partial charge in [0.05, 0.1) is 5.02 Å². The molecule has 0 aliphatic rings. The van der Waals surface area contributed by atoms with Crippen molar-refractivity contribution in [1.82, 2.24) is 0 Å². The topological polar surface area (TPSA) is 0 Å². The Morgan fingerprint density at radius 2 is 2.22 bits per heavy atom. The molecule has 1 aromatic carbocycles. The Morgan fingerprint density at radius 3 is 2.67 bits per heavy atom. The van der Waals surface area contributed by atoms with E-state index in [0.29, 0.717) is 5.56 Å². The van der Waals surface area contributed by atoms with Gasteiger partial charge in [-0.1, -0.05) is 11.6 Å². The van der Waals surface area contributed by atoms with Crippen LogP contribution in [-0.2, 0) is 0 Å². The van der Waals surface area contributed by atoms with Crippen molar-refractivity contribution >= 4 is 11.6 Å². The standard InChI is InChI=1S/C7H5ClF/c1-5-3-2-4-6(8)7(5)9/h3-4H,1H3. The third-order valence-electron chi connectivity index (χ3n) is 1.07. The summed E-state index contributed by atoms with van der Waals surface area (Å²) in [6.07, 6.45) is 0. The van der Waals surface area contributed by atoms with Crippen molar-refractivity contribution in [3.05, 3.63) is 34.6 Å². The lowest BCUT2D eigenvalue weighted by Crippen LogP contribution is -1.80. The Labute approximate surface area is 58.3 Å². The minimum absolute atomic E-state index is 0.134. The van der Waals surface area contributed by atoms with Gasteiger partial charge in [-0.05, 0) is 30.7 Å². The van der Waals surface area contributed by atoms with Crippen LogP contribution >= 0.6 is 11.6 Å². The lowest BCUT2D eigenvalue weighted by atomic mass is 10.2. The number of hydrogen-bond acceptors (Lipinski definition) is 0. The van der Waals surface area contributed by atoms with Gasteiger partial charge in [0.25, 0.3) is 0 Å². The monoisotopic (exact) mass is 143 g/mol. The molecule has 9 heavy (non-hydrogen) atoms. The van der Waals surface area contributed by atoms with Gasteiger partial charge in [0.15, 0.2) is 0 Å². The number of benzene rings is 1. The van der Waals surface area contributed by atoms with E-state index in [1.807, 2.05) is 0 Å². The van der Waals surface area contributed by atoms with E-state index in [9.17, 15) is 4.39 Å². The third kappa shape index (κ3) is 1.22. The van der Waals surface area contributed by atoms with Crippen molar-refractivity contribution in [3.63, 3.8) is 0 Å². The van der Waals surface area contributed by atoms with E-state index in [1.165, 1.54) is 6.07 Å². The summed E-state index contributed by atoms with van der Waals surface area (Å²) < 4.78 is 12.6. The second kappa shape index (κ2) is 2.36. The molecule has 0 fully saturated rings. The Morgan fingerprint density at radius 1 is 1.56 bits per heavy atom. The largest absolute Gasteiger partial charge is 0.205 e. The molecule has 0 saturated carbocycles. The molecule has 0 N–H and O–H groups in total. The van der Waals surface area contributed by atoms with E-state index < -0.39 is 0 Å². The predicted molar refractivity (Wildman–Crippen MR) is 35.0 cm³/mol. The molecule has 0 aliphatic carbocycles. The molecule has 0 heterocycles. The Hall–Kier alpha value is -0.560. The molecule has 0 atom stereocenters. The highest BCUT2D eigenvalue weighted by Gasteiger charge is 1.99. The molecule has 0 bridgehead atoms. The first-order chi connectivity index (χ1) is 4.22. The van der Waals surface area contributed by atoms with Gasteiger partial charge in [0.1, 0.15) is 5.82 Å². The molecule has 1 rings (SSSR count). The van der Waals surface area contributed by atoms with Crippen LogP contribution in [0.3, 0.4) is 0 Å². The molecule has 1 aromatic rings. The van der Waals surface area contributed by atoms with E-state index in [4.69, 9.17) is 11.6 Å². The van der Waals surface area contributed by atoms with Crippen molar-refractivity contribution in [2.45, 2.75) is 6.92 Å². The average molecular weight is 144 g/mol. The van der Waals surface area contributed by atoms with Crippen molar-refractivity contribution in [2.24, 2.45) is 0 Å². The van der Waals surface area contributed by atoms with E-state index in [1.54, 1.807) is 13.0 Å². The minimum Gasteiger partial charge on any atom is -0.205 e. The van der Waals surface area contributed by atoms with Crippen LogP contribution in [0.5, 0.6) is 0 Å². The Bertz CT molecular complexity index is 200. The summed E-state index contributed by atoms with van der Waals surface area (Å²) in [5, 5.41) is 0.134. The summed E-state index contributed by atoms with van der Waals surface area (Å²) >= 11 is 5.41. The molecular weight excluding hydrogens is 139 g/mol. The van der Waals surface area contributed by atoms with E-state index in [0.717, 1.165) is 0 Å². The first-order valence-electron chi connectivity index (χ1n) is 2.53. The zero-order chi connectivity index (χ0) is 6.85. The smallest absolute Gasteiger partial charge is 0.144 e. The maximum absolute atomic E-state index is 12.6. The number of hydrogen-bond donors (Lipinski definition) is 0. The molecule has 0 aliphatic heterocycles. The van der Waals surface area contributed by atoms with Crippen LogP contribution in [0.15, 0.2) is 12.1 Å². The summed E-state index contributed by atoms with van der Waals surface area (Å²) in [5.41, 5.74) is 0.530. The quantitative estimate of drug-likeness (QED) is 0.524. The highest BCUT2D eigenvalue weighted by molar-refractivity contribution is 6.30. The first-order valence-corrected chi connectivity index (χ1v) is 2.91. The zero-order valence-electron chi connectivity index (χ0n) is 4.91. The molecular formula is C7H5ClF. The maximum Gasteiger partial charge on any atom is 0.144 e. The van der Waals surface area contributed by atoms with Crippen molar-refractivity contribution in [2.75, 3.05) is 0 Å². The number of aryl methyl sites for hydroxylation is 1. The van der Waals surface area contributed by atoms with Crippen LogP contribution in [0.2, 0.25) is 5.02 Å². The lowest BCUT2D eigenvalue weighted by molar-refractivity contribution is 0.619. The Balaban J connectivity index is 3.25. The molecule has 1 radical (unpaired) electrons. The molecule has 0 unspecified atom stereocenters. The van der Waals surface area contributed by atoms with Crippen LogP contribution in [-0.4, -0.2) is 0 Å². The van der Waals surface area contributed by atoms with Crippen LogP contribution in [0, 0.1) is 18.8 Å².